The number of aromatic hydroxyl groups is 1. The van der Waals surface area contributed by atoms with Crippen molar-refractivity contribution in [2.45, 2.75) is 70.7 Å². The molecule has 2 saturated carbocycles. The molecule has 5 unspecified atom stereocenters. The van der Waals surface area contributed by atoms with Crippen LogP contribution in [0.15, 0.2) is 62.0 Å². The average Bonchev–Trinajstić information content (AvgIpc) is 3.89. The van der Waals surface area contributed by atoms with E-state index in [0.29, 0.717) is 49.1 Å². The van der Waals surface area contributed by atoms with Crippen LogP contribution in [0.5, 0.6) is 5.95 Å². The van der Waals surface area contributed by atoms with Crippen molar-refractivity contribution < 1.29 is 29.3 Å². The lowest BCUT2D eigenvalue weighted by atomic mass is 9.45. The van der Waals surface area contributed by atoms with Gasteiger partial charge < -0.3 is 29.6 Å². The molecule has 0 aromatic carbocycles. The summed E-state index contributed by atoms with van der Waals surface area (Å²) in [6.45, 7) is 10.7. The Labute approximate surface area is 317 Å². The number of aliphatic hydroxyl groups is 2. The van der Waals surface area contributed by atoms with Crippen LogP contribution in [0.1, 0.15) is 74.3 Å². The van der Waals surface area contributed by atoms with Crippen molar-refractivity contribution in [2.24, 2.45) is 44.7 Å². The van der Waals surface area contributed by atoms with Gasteiger partial charge in [0.15, 0.2) is 11.2 Å². The normalized spacial score (nSPS) is 28.8. The Bertz CT molecular complexity index is 2210. The minimum absolute atomic E-state index is 0.0669. The smallest absolute Gasteiger partial charge is 0.287 e. The number of amides is 2. The van der Waals surface area contributed by atoms with Crippen molar-refractivity contribution >= 4 is 41.8 Å². The van der Waals surface area contributed by atoms with Gasteiger partial charge in [-0.1, -0.05) is 32.1 Å². The van der Waals surface area contributed by atoms with Crippen LogP contribution in [0, 0.1) is 28.1 Å². The quantitative estimate of drug-likeness (QED) is 0.137. The summed E-state index contributed by atoms with van der Waals surface area (Å²) in [5.41, 5.74) is 0.635. The summed E-state index contributed by atoms with van der Waals surface area (Å²) < 4.78 is 7.45. The molecule has 0 radical (unpaired) electrons. The maximum Gasteiger partial charge on any atom is 0.287 e. The second-order valence-corrected chi connectivity index (χ2v) is 15.4. The fourth-order valence-corrected chi connectivity index (χ4v) is 8.93. The molecule has 290 valence electrons. The third kappa shape index (κ3) is 6.98. The Balaban J connectivity index is 1.26. The van der Waals surface area contributed by atoms with Gasteiger partial charge in [-0.2, -0.15) is 4.99 Å². The Morgan fingerprint density at radius 3 is 2.82 bits per heavy atom. The predicted molar refractivity (Wildman–Crippen MR) is 203 cm³/mol. The summed E-state index contributed by atoms with van der Waals surface area (Å²) in [6, 6.07) is 5.58. The number of hydrogen-bond acceptors (Lipinski definition) is 13. The van der Waals surface area contributed by atoms with Gasteiger partial charge in [0.05, 0.1) is 36.9 Å². The predicted octanol–water partition coefficient (Wildman–Crippen LogP) is 1.04. The molecule has 2 amide bonds. The maximum atomic E-state index is 13.3. The molecule has 4 aliphatic rings. The van der Waals surface area contributed by atoms with Gasteiger partial charge in [0.1, 0.15) is 17.1 Å². The highest BCUT2D eigenvalue weighted by molar-refractivity contribution is 6.06. The van der Waals surface area contributed by atoms with Gasteiger partial charge in [-0.25, -0.2) is 20.0 Å². The summed E-state index contributed by atoms with van der Waals surface area (Å²) in [7, 11) is 1.67. The molecular formula is C38H47N11O6. The number of furan rings is 1. The van der Waals surface area contributed by atoms with Crippen LogP contribution in [0.2, 0.25) is 0 Å². The van der Waals surface area contributed by atoms with E-state index in [1.165, 1.54) is 0 Å². The molecule has 17 heteroatoms. The first kappa shape index (κ1) is 37.8. The van der Waals surface area contributed by atoms with Gasteiger partial charge in [0.25, 0.3) is 11.9 Å². The lowest BCUT2D eigenvalue weighted by Crippen LogP contribution is -2.62. The molecular weight excluding hydrogens is 706 g/mol. The van der Waals surface area contributed by atoms with Crippen LogP contribution in [0.4, 0.5) is 5.82 Å². The van der Waals surface area contributed by atoms with Crippen LogP contribution in [0.25, 0.3) is 6.08 Å². The molecule has 17 nitrogen and oxygen atoms in total. The molecule has 0 spiro atoms. The summed E-state index contributed by atoms with van der Waals surface area (Å²) in [4.78, 5) is 47.0. The van der Waals surface area contributed by atoms with Crippen LogP contribution in [0.3, 0.4) is 0 Å². The fraction of sp³-hybridized carbons (Fsp3) is 0.474. The number of aromatic nitrogens is 3. The number of guanidine groups is 2. The standard InChI is InChI=1S/C38H47N11O6/c1-19-23(37(3)10-9-27(51)38(4,18-50)26(37)17-24(19)43-20(2)32(52)48-36-41-12-13-42-36)16-25(44-28-8-6-7-11-40-28)22-14-21(55-34(22)54)15-29-45-30-31(49(29)5)46-35(39)47-33(30)53/h6-8,11-12,14-15,20,23-27,43,50-51,54H,1,9-10,13,16-18H2,2-5H3,(H,40,44)(H2,39,47,53)(H,42,48,52)/t20?,23?,24?,25?,26?,27-,37-,38+/m1/s1. The highest BCUT2D eigenvalue weighted by Crippen LogP contribution is 2.62. The first-order valence-electron chi connectivity index (χ1n) is 18.4. The van der Waals surface area contributed by atoms with Gasteiger partial charge in [-0.05, 0) is 68.1 Å². The Morgan fingerprint density at radius 1 is 1.31 bits per heavy atom. The number of nitrogens with one attached hydrogen (secondary N) is 5. The number of rotatable bonds is 10. The lowest BCUT2D eigenvalue weighted by molar-refractivity contribution is -0.156. The van der Waals surface area contributed by atoms with Crippen LogP contribution >= 0.6 is 0 Å². The van der Waals surface area contributed by atoms with Crippen LogP contribution in [-0.4, -0.2) is 91.1 Å². The monoisotopic (exact) mass is 753 g/mol. The Hall–Kier alpha value is -5.52. The zero-order valence-electron chi connectivity index (χ0n) is 31.2. The van der Waals surface area contributed by atoms with E-state index < -0.39 is 34.9 Å². The zero-order chi connectivity index (χ0) is 39.2. The number of hydrogen-bond donors (Lipinski definition) is 8. The largest absolute Gasteiger partial charge is 0.480 e. The molecule has 8 atom stereocenters. The lowest BCUT2D eigenvalue weighted by Gasteiger charge is -2.62. The third-order valence-electron chi connectivity index (χ3n) is 12.1. The summed E-state index contributed by atoms with van der Waals surface area (Å²) >= 11 is 0. The van der Waals surface area contributed by atoms with Crippen molar-refractivity contribution in [2.75, 3.05) is 18.5 Å². The summed E-state index contributed by atoms with van der Waals surface area (Å²) in [5, 5.41) is 53.5. The first-order valence-corrected chi connectivity index (χ1v) is 18.4. The number of aliphatic hydroxyl groups excluding tert-OH is 2. The topological polar surface area (TPSA) is 248 Å². The van der Waals surface area contributed by atoms with Crippen molar-refractivity contribution in [1.82, 2.24) is 30.5 Å². The Morgan fingerprint density at radius 2 is 2.11 bits per heavy atom. The van der Waals surface area contributed by atoms with Gasteiger partial charge >= 0.3 is 0 Å². The summed E-state index contributed by atoms with van der Waals surface area (Å²) in [6.07, 6.45) is 6.20. The molecule has 8 N–H and O–H groups in total. The van der Waals surface area contributed by atoms with E-state index in [2.05, 4.69) is 59.7 Å². The first-order chi connectivity index (χ1) is 26.2. The van der Waals surface area contributed by atoms with E-state index >= 15 is 0 Å². The minimum Gasteiger partial charge on any atom is -0.480 e. The number of carbonyl (C=O) groups is 2. The van der Waals surface area contributed by atoms with E-state index in [-0.39, 0.29) is 65.2 Å². The van der Waals surface area contributed by atoms with Crippen LogP contribution < -0.4 is 32.2 Å². The Kier molecular flexibility index (Phi) is 10.0. The third-order valence-corrected chi connectivity index (χ3v) is 12.1. The number of aliphatic imine (C=N–C) groups is 2. The second kappa shape index (κ2) is 14.6. The van der Waals surface area contributed by atoms with Crippen LogP contribution in [-0.2, 0) is 11.8 Å². The van der Waals surface area contributed by atoms with Crippen molar-refractivity contribution in [3.05, 3.63) is 70.6 Å². The van der Waals surface area contributed by atoms with Crippen molar-refractivity contribution in [3.63, 3.8) is 0 Å². The number of anilines is 1. The van der Waals surface area contributed by atoms with E-state index in [1.807, 2.05) is 19.1 Å². The molecule has 0 bridgehead atoms. The summed E-state index contributed by atoms with van der Waals surface area (Å²) in [5.74, 6) is -0.808. The van der Waals surface area contributed by atoms with E-state index in [0.717, 1.165) is 5.57 Å². The molecule has 2 aliphatic carbocycles. The molecule has 2 fully saturated rings. The molecule has 0 saturated heterocycles. The van der Waals surface area contributed by atoms with E-state index in [9.17, 15) is 24.9 Å². The van der Waals surface area contributed by atoms with Gasteiger partial charge in [0, 0.05) is 37.0 Å². The maximum absolute atomic E-state index is 13.3. The van der Waals surface area contributed by atoms with Crippen molar-refractivity contribution in [3.8, 4) is 5.95 Å². The van der Waals surface area contributed by atoms with Gasteiger partial charge in [-0.15, -0.1) is 0 Å². The average molecular weight is 754 g/mol. The second-order valence-electron chi connectivity index (χ2n) is 15.4. The van der Waals surface area contributed by atoms with Gasteiger partial charge in [-0.3, -0.25) is 30.9 Å². The molecule has 5 heterocycles. The highest BCUT2D eigenvalue weighted by atomic mass is 16.5. The SMILES string of the molecule is C=C1C(NC(C)C(=O)NC2=NCC=N2)CC2[C@](C)(CC[C@@H](O)[C@@]2(C)CO)C1CC(Nc1ccccn1)c1cc(C=c2nc3c(n2C)=NC(=N)NC3=O)oc1O. The molecule has 2 aliphatic heterocycles. The number of pyridine rings is 1. The number of imidazole rings is 1. The fourth-order valence-electron chi connectivity index (χ4n) is 8.93. The van der Waals surface area contributed by atoms with Crippen molar-refractivity contribution in [1.29, 1.82) is 5.41 Å². The molecule has 3 aromatic heterocycles. The van der Waals surface area contributed by atoms with Gasteiger partial charge in [0.2, 0.25) is 17.8 Å². The zero-order valence-corrected chi connectivity index (χ0v) is 31.2. The molecule has 3 aromatic rings. The number of carbonyl (C=O) groups excluding carboxylic acids is 2. The number of fused-ring (bicyclic) bond motifs is 2. The van der Waals surface area contributed by atoms with E-state index in [1.54, 1.807) is 49.2 Å². The molecule has 55 heavy (non-hydrogen) atoms. The highest BCUT2D eigenvalue weighted by Gasteiger charge is 2.60. The number of nitrogens with zero attached hydrogens (tertiary/aromatic N) is 6. The van der Waals surface area contributed by atoms with E-state index in [4.69, 9.17) is 9.83 Å². The molecule has 7 rings (SSSR count). The minimum atomic E-state index is -0.836.